The quantitative estimate of drug-likeness (QED) is 0.654. The monoisotopic (exact) mass is 340 g/mol. The van der Waals surface area contributed by atoms with Gasteiger partial charge in [0.2, 0.25) is 10.0 Å². The van der Waals surface area contributed by atoms with Gasteiger partial charge in [0.1, 0.15) is 0 Å². The molecule has 1 heterocycles. The number of para-hydroxylation sites is 1. The molecule has 1 amide bonds. The molecule has 0 unspecified atom stereocenters. The first-order chi connectivity index (χ1) is 11.0. The van der Waals surface area contributed by atoms with Gasteiger partial charge in [-0.25, -0.2) is 8.42 Å². The van der Waals surface area contributed by atoms with Gasteiger partial charge in [0.05, 0.1) is 17.0 Å². The molecule has 1 aromatic rings. The van der Waals surface area contributed by atoms with Crippen LogP contribution in [0.25, 0.3) is 0 Å². The number of piperazine rings is 1. The number of anilines is 1. The molecule has 128 valence electrons. The average Bonchev–Trinajstić information content (AvgIpc) is 2.56. The van der Waals surface area contributed by atoms with Crippen LogP contribution >= 0.6 is 0 Å². The Balaban J connectivity index is 1.93. The lowest BCUT2D eigenvalue weighted by molar-refractivity contribution is 0.0948. The molecule has 1 fully saturated rings. The minimum atomic E-state index is -3.41. The maximum atomic E-state index is 12.3. The molecule has 0 aromatic heterocycles. The summed E-state index contributed by atoms with van der Waals surface area (Å²) < 4.78 is 25.9. The first-order valence-electron chi connectivity index (χ1n) is 7.82. The number of benzene rings is 1. The van der Waals surface area contributed by atoms with Gasteiger partial charge in [0.15, 0.2) is 0 Å². The van der Waals surface area contributed by atoms with Gasteiger partial charge in [0, 0.05) is 39.3 Å². The van der Waals surface area contributed by atoms with E-state index in [-0.39, 0.29) is 11.7 Å². The summed E-state index contributed by atoms with van der Waals surface area (Å²) >= 11 is 0. The van der Waals surface area contributed by atoms with Crippen LogP contribution in [0.5, 0.6) is 0 Å². The Bertz CT molecular complexity index is 627. The molecule has 1 saturated heterocycles. The highest BCUT2D eigenvalue weighted by atomic mass is 32.2. The van der Waals surface area contributed by atoms with Gasteiger partial charge in [-0.1, -0.05) is 12.1 Å². The van der Waals surface area contributed by atoms with Gasteiger partial charge >= 0.3 is 0 Å². The predicted octanol–water partition coefficient (Wildman–Crippen LogP) is 0.0832. The summed E-state index contributed by atoms with van der Waals surface area (Å²) in [4.78, 5) is 14.6. The number of hydrogen-bond acceptors (Lipinski definition) is 5. The van der Waals surface area contributed by atoms with Crippen LogP contribution in [-0.2, 0) is 10.0 Å². The summed E-state index contributed by atoms with van der Waals surface area (Å²) in [6.07, 6.45) is 0. The number of nitrogens with one attached hydrogen (secondary N) is 3. The predicted molar refractivity (Wildman–Crippen MR) is 91.2 cm³/mol. The van der Waals surface area contributed by atoms with Crippen molar-refractivity contribution in [3.8, 4) is 0 Å². The summed E-state index contributed by atoms with van der Waals surface area (Å²) in [5.74, 6) is -0.305. The van der Waals surface area contributed by atoms with E-state index in [1.54, 1.807) is 31.2 Å². The molecular formula is C15H24N4O3S. The largest absolute Gasteiger partial charge is 0.351 e. The number of carbonyl (C=O) groups is 1. The van der Waals surface area contributed by atoms with Crippen LogP contribution in [0.1, 0.15) is 17.3 Å². The van der Waals surface area contributed by atoms with Gasteiger partial charge in [-0.3, -0.25) is 14.4 Å². The fourth-order valence-electron chi connectivity index (χ4n) is 2.37. The molecule has 7 nitrogen and oxygen atoms in total. The van der Waals surface area contributed by atoms with E-state index in [1.807, 2.05) is 0 Å². The van der Waals surface area contributed by atoms with Crippen LogP contribution in [0, 0.1) is 0 Å². The Morgan fingerprint density at radius 2 is 1.96 bits per heavy atom. The standard InChI is InChI=1S/C15H24N4O3S/c1-2-23(21,22)18-14-6-4-3-5-13(14)15(20)17-9-12-19-10-7-16-8-11-19/h3-6,16,18H,2,7-12H2,1H3,(H,17,20). The molecule has 0 saturated carbocycles. The van der Waals surface area contributed by atoms with Crippen LogP contribution in [-0.4, -0.2) is 64.2 Å². The second-order valence-corrected chi connectivity index (χ2v) is 7.41. The van der Waals surface area contributed by atoms with E-state index in [4.69, 9.17) is 0 Å². The number of rotatable bonds is 7. The lowest BCUT2D eigenvalue weighted by atomic mass is 10.1. The molecule has 3 N–H and O–H groups in total. The van der Waals surface area contributed by atoms with Crippen molar-refractivity contribution >= 4 is 21.6 Å². The van der Waals surface area contributed by atoms with Crippen molar-refractivity contribution in [2.45, 2.75) is 6.92 Å². The molecule has 0 radical (unpaired) electrons. The van der Waals surface area contributed by atoms with Crippen molar-refractivity contribution in [1.82, 2.24) is 15.5 Å². The van der Waals surface area contributed by atoms with E-state index in [9.17, 15) is 13.2 Å². The second kappa shape index (κ2) is 8.28. The van der Waals surface area contributed by atoms with E-state index >= 15 is 0 Å². The fraction of sp³-hybridized carbons (Fsp3) is 0.533. The fourth-order valence-corrected chi connectivity index (χ4v) is 3.02. The van der Waals surface area contributed by atoms with Crippen molar-refractivity contribution in [2.75, 3.05) is 49.7 Å². The van der Waals surface area contributed by atoms with E-state index in [2.05, 4.69) is 20.3 Å². The van der Waals surface area contributed by atoms with Crippen LogP contribution in [0.4, 0.5) is 5.69 Å². The molecule has 0 aliphatic carbocycles. The summed E-state index contributed by atoms with van der Waals surface area (Å²) in [6, 6.07) is 6.63. The minimum absolute atomic E-state index is 0.0358. The Morgan fingerprint density at radius 1 is 1.26 bits per heavy atom. The topological polar surface area (TPSA) is 90.5 Å². The third-order valence-corrected chi connectivity index (χ3v) is 5.03. The summed E-state index contributed by atoms with van der Waals surface area (Å²) in [7, 11) is -3.41. The van der Waals surface area contributed by atoms with Crippen molar-refractivity contribution in [3.63, 3.8) is 0 Å². The van der Waals surface area contributed by atoms with Gasteiger partial charge in [0.25, 0.3) is 5.91 Å². The average molecular weight is 340 g/mol. The SMILES string of the molecule is CCS(=O)(=O)Nc1ccccc1C(=O)NCCN1CCNCC1. The molecule has 2 rings (SSSR count). The van der Waals surface area contributed by atoms with Crippen molar-refractivity contribution < 1.29 is 13.2 Å². The number of sulfonamides is 1. The third kappa shape index (κ3) is 5.49. The Kier molecular flexibility index (Phi) is 6.37. The molecule has 1 aliphatic rings. The smallest absolute Gasteiger partial charge is 0.253 e. The molecule has 1 aliphatic heterocycles. The second-order valence-electron chi connectivity index (χ2n) is 5.40. The van der Waals surface area contributed by atoms with Crippen LogP contribution in [0.2, 0.25) is 0 Å². The lowest BCUT2D eigenvalue weighted by Gasteiger charge is -2.27. The van der Waals surface area contributed by atoms with E-state index in [0.29, 0.717) is 17.8 Å². The lowest BCUT2D eigenvalue weighted by Crippen LogP contribution is -2.46. The summed E-state index contributed by atoms with van der Waals surface area (Å²) in [5, 5.41) is 6.13. The Labute approximate surface area is 137 Å². The molecule has 0 spiro atoms. The minimum Gasteiger partial charge on any atom is -0.351 e. The van der Waals surface area contributed by atoms with E-state index < -0.39 is 10.0 Å². The molecular weight excluding hydrogens is 316 g/mol. The highest BCUT2D eigenvalue weighted by Gasteiger charge is 2.15. The molecule has 23 heavy (non-hydrogen) atoms. The first kappa shape index (κ1) is 17.7. The maximum absolute atomic E-state index is 12.3. The third-order valence-electron chi connectivity index (χ3n) is 3.74. The van der Waals surface area contributed by atoms with Gasteiger partial charge in [-0.2, -0.15) is 0 Å². The zero-order chi connectivity index (χ0) is 16.7. The number of hydrogen-bond donors (Lipinski definition) is 3. The molecule has 0 atom stereocenters. The van der Waals surface area contributed by atoms with Gasteiger partial charge in [-0.05, 0) is 19.1 Å². The highest BCUT2D eigenvalue weighted by molar-refractivity contribution is 7.92. The molecule has 0 bridgehead atoms. The zero-order valence-corrected chi connectivity index (χ0v) is 14.2. The molecule has 8 heteroatoms. The maximum Gasteiger partial charge on any atom is 0.253 e. The normalized spacial score (nSPS) is 16.0. The van der Waals surface area contributed by atoms with Crippen molar-refractivity contribution in [2.24, 2.45) is 0 Å². The van der Waals surface area contributed by atoms with Crippen molar-refractivity contribution in [1.29, 1.82) is 0 Å². The van der Waals surface area contributed by atoms with Gasteiger partial charge < -0.3 is 10.6 Å². The Morgan fingerprint density at radius 3 is 2.65 bits per heavy atom. The first-order valence-corrected chi connectivity index (χ1v) is 9.48. The number of nitrogens with zero attached hydrogens (tertiary/aromatic N) is 1. The van der Waals surface area contributed by atoms with Crippen LogP contribution < -0.4 is 15.4 Å². The summed E-state index contributed by atoms with van der Waals surface area (Å²) in [5.41, 5.74) is 0.652. The zero-order valence-electron chi connectivity index (χ0n) is 13.3. The van der Waals surface area contributed by atoms with Crippen LogP contribution in [0.3, 0.4) is 0 Å². The highest BCUT2D eigenvalue weighted by Crippen LogP contribution is 2.16. The van der Waals surface area contributed by atoms with Crippen molar-refractivity contribution in [3.05, 3.63) is 29.8 Å². The Hall–Kier alpha value is -1.64. The number of amides is 1. The molecule has 1 aromatic carbocycles. The van der Waals surface area contributed by atoms with E-state index in [0.717, 1.165) is 32.7 Å². The van der Waals surface area contributed by atoms with Crippen LogP contribution in [0.15, 0.2) is 24.3 Å². The number of carbonyl (C=O) groups excluding carboxylic acids is 1. The van der Waals surface area contributed by atoms with Gasteiger partial charge in [-0.15, -0.1) is 0 Å². The van der Waals surface area contributed by atoms with E-state index in [1.165, 1.54) is 0 Å². The summed E-state index contributed by atoms with van der Waals surface area (Å²) in [6.45, 7) is 6.76.